The van der Waals surface area contributed by atoms with Gasteiger partial charge in [0.15, 0.2) is 0 Å². The predicted octanol–water partition coefficient (Wildman–Crippen LogP) is 2.78. The first-order valence-electron chi connectivity index (χ1n) is 7.44. The molecule has 0 saturated heterocycles. The van der Waals surface area contributed by atoms with Crippen LogP contribution in [0.3, 0.4) is 0 Å². The van der Waals surface area contributed by atoms with E-state index in [-0.39, 0.29) is 19.0 Å². The van der Waals surface area contributed by atoms with Crippen LogP contribution in [-0.2, 0) is 27.4 Å². The molecule has 0 aliphatic carbocycles. The smallest absolute Gasteiger partial charge is 0.325 e. The van der Waals surface area contributed by atoms with Gasteiger partial charge in [-0.2, -0.15) is 0 Å². The molecule has 2 aromatic carbocycles. The maximum atomic E-state index is 12.8. The standard InChI is InChI=1S/C19H18FNO3/c1-14(11-15-5-3-2-4-6-15)19(23)21-12-18(22)24-13-16-7-9-17(20)10-8-16/h2-10H,1,11-13H2,(H,21,23). The molecule has 2 rings (SSSR count). The molecule has 124 valence electrons. The molecule has 0 aliphatic heterocycles. The largest absolute Gasteiger partial charge is 0.460 e. The van der Waals surface area contributed by atoms with Gasteiger partial charge in [0, 0.05) is 12.0 Å². The quantitative estimate of drug-likeness (QED) is 0.628. The molecule has 0 aliphatic rings. The fourth-order valence-corrected chi connectivity index (χ4v) is 2.00. The van der Waals surface area contributed by atoms with Crippen LogP contribution in [0.4, 0.5) is 4.39 Å². The molecule has 24 heavy (non-hydrogen) atoms. The van der Waals surface area contributed by atoms with E-state index in [0.29, 0.717) is 17.6 Å². The summed E-state index contributed by atoms with van der Waals surface area (Å²) in [4.78, 5) is 23.5. The number of ether oxygens (including phenoxy) is 1. The lowest BCUT2D eigenvalue weighted by atomic mass is 10.1. The fraction of sp³-hybridized carbons (Fsp3) is 0.158. The van der Waals surface area contributed by atoms with Crippen molar-refractivity contribution in [3.8, 4) is 0 Å². The van der Waals surface area contributed by atoms with Crippen molar-refractivity contribution >= 4 is 11.9 Å². The van der Waals surface area contributed by atoms with Crippen molar-refractivity contribution in [2.45, 2.75) is 13.0 Å². The summed E-state index contributed by atoms with van der Waals surface area (Å²) in [6.45, 7) is 3.52. The molecule has 0 fully saturated rings. The molecule has 0 radical (unpaired) electrons. The second-order valence-corrected chi connectivity index (χ2v) is 5.24. The van der Waals surface area contributed by atoms with Crippen molar-refractivity contribution < 1.29 is 18.7 Å². The number of carbonyl (C=O) groups is 2. The highest BCUT2D eigenvalue weighted by Gasteiger charge is 2.10. The van der Waals surface area contributed by atoms with Gasteiger partial charge in [0.2, 0.25) is 5.91 Å². The molecule has 2 aromatic rings. The van der Waals surface area contributed by atoms with Crippen LogP contribution in [0, 0.1) is 5.82 Å². The Kier molecular flexibility index (Phi) is 6.25. The van der Waals surface area contributed by atoms with Crippen molar-refractivity contribution in [1.82, 2.24) is 5.32 Å². The van der Waals surface area contributed by atoms with Crippen LogP contribution in [0.25, 0.3) is 0 Å². The minimum absolute atomic E-state index is 0.0277. The van der Waals surface area contributed by atoms with Gasteiger partial charge in [0.1, 0.15) is 19.0 Å². The van der Waals surface area contributed by atoms with Gasteiger partial charge in [0.05, 0.1) is 0 Å². The van der Waals surface area contributed by atoms with E-state index in [9.17, 15) is 14.0 Å². The summed E-state index contributed by atoms with van der Waals surface area (Å²) in [5.74, 6) is -1.31. The Morgan fingerprint density at radius 1 is 1.00 bits per heavy atom. The molecule has 0 spiro atoms. The molecule has 0 bridgehead atoms. The zero-order valence-electron chi connectivity index (χ0n) is 13.1. The average Bonchev–Trinajstić information content (AvgIpc) is 2.60. The summed E-state index contributed by atoms with van der Waals surface area (Å²) < 4.78 is 17.8. The zero-order valence-corrected chi connectivity index (χ0v) is 13.1. The van der Waals surface area contributed by atoms with Gasteiger partial charge in [-0.15, -0.1) is 0 Å². The summed E-state index contributed by atoms with van der Waals surface area (Å²) in [7, 11) is 0. The normalized spacial score (nSPS) is 10.0. The van der Waals surface area contributed by atoms with Gasteiger partial charge >= 0.3 is 5.97 Å². The van der Waals surface area contributed by atoms with E-state index >= 15 is 0 Å². The Hall–Kier alpha value is -2.95. The van der Waals surface area contributed by atoms with E-state index in [1.165, 1.54) is 24.3 Å². The van der Waals surface area contributed by atoms with E-state index in [1.54, 1.807) is 0 Å². The number of nitrogens with one attached hydrogen (secondary N) is 1. The molecule has 0 unspecified atom stereocenters. The van der Waals surface area contributed by atoms with Crippen molar-refractivity contribution in [1.29, 1.82) is 0 Å². The highest BCUT2D eigenvalue weighted by molar-refractivity contribution is 5.95. The molecule has 4 nitrogen and oxygen atoms in total. The highest BCUT2D eigenvalue weighted by atomic mass is 19.1. The fourth-order valence-electron chi connectivity index (χ4n) is 2.00. The van der Waals surface area contributed by atoms with Crippen LogP contribution in [-0.4, -0.2) is 18.4 Å². The van der Waals surface area contributed by atoms with E-state index in [2.05, 4.69) is 11.9 Å². The van der Waals surface area contributed by atoms with E-state index in [4.69, 9.17) is 4.74 Å². The minimum Gasteiger partial charge on any atom is -0.460 e. The first kappa shape index (κ1) is 17.4. The maximum absolute atomic E-state index is 12.8. The molecule has 1 N–H and O–H groups in total. The Morgan fingerprint density at radius 3 is 2.33 bits per heavy atom. The lowest BCUT2D eigenvalue weighted by Crippen LogP contribution is -2.31. The number of hydrogen-bond acceptors (Lipinski definition) is 3. The third-order valence-corrected chi connectivity index (χ3v) is 3.29. The first-order chi connectivity index (χ1) is 11.5. The summed E-state index contributed by atoms with van der Waals surface area (Å²) in [5, 5.41) is 2.47. The van der Waals surface area contributed by atoms with Crippen LogP contribution in [0.5, 0.6) is 0 Å². The third-order valence-electron chi connectivity index (χ3n) is 3.29. The molecule has 1 amide bonds. The second-order valence-electron chi connectivity index (χ2n) is 5.24. The predicted molar refractivity (Wildman–Crippen MR) is 88.5 cm³/mol. The van der Waals surface area contributed by atoms with Crippen molar-refractivity contribution in [3.05, 3.63) is 83.7 Å². The lowest BCUT2D eigenvalue weighted by Gasteiger charge is -2.08. The summed E-state index contributed by atoms with van der Waals surface area (Å²) >= 11 is 0. The van der Waals surface area contributed by atoms with Crippen molar-refractivity contribution in [2.24, 2.45) is 0 Å². The molecular weight excluding hydrogens is 309 g/mol. The summed E-state index contributed by atoms with van der Waals surface area (Å²) in [5.41, 5.74) is 2.01. The van der Waals surface area contributed by atoms with E-state index in [0.717, 1.165) is 5.56 Å². The number of hydrogen-bond donors (Lipinski definition) is 1. The van der Waals surface area contributed by atoms with Crippen LogP contribution in [0.2, 0.25) is 0 Å². The van der Waals surface area contributed by atoms with Crippen LogP contribution >= 0.6 is 0 Å². The number of halogens is 1. The Bertz CT molecular complexity index is 711. The summed E-state index contributed by atoms with van der Waals surface area (Å²) in [6.07, 6.45) is 0.414. The van der Waals surface area contributed by atoms with E-state index in [1.807, 2.05) is 30.3 Å². The topological polar surface area (TPSA) is 55.4 Å². The Morgan fingerprint density at radius 2 is 1.67 bits per heavy atom. The number of esters is 1. The van der Waals surface area contributed by atoms with Gasteiger partial charge in [0.25, 0.3) is 0 Å². The minimum atomic E-state index is -0.569. The molecule has 0 aromatic heterocycles. The van der Waals surface area contributed by atoms with Gasteiger partial charge in [-0.1, -0.05) is 49.0 Å². The lowest BCUT2D eigenvalue weighted by molar-refractivity contribution is -0.144. The number of benzene rings is 2. The van der Waals surface area contributed by atoms with Gasteiger partial charge in [-0.05, 0) is 23.3 Å². The van der Waals surface area contributed by atoms with Crippen LogP contribution < -0.4 is 5.32 Å². The molecular formula is C19H18FNO3. The van der Waals surface area contributed by atoms with Crippen LogP contribution in [0.1, 0.15) is 11.1 Å². The SMILES string of the molecule is C=C(Cc1ccccc1)C(=O)NCC(=O)OCc1ccc(F)cc1. The third kappa shape index (κ3) is 5.68. The molecule has 5 heteroatoms. The Labute approximate surface area is 140 Å². The maximum Gasteiger partial charge on any atom is 0.325 e. The number of carbonyl (C=O) groups excluding carboxylic acids is 2. The van der Waals surface area contributed by atoms with E-state index < -0.39 is 11.9 Å². The summed E-state index contributed by atoms with van der Waals surface area (Å²) in [6, 6.07) is 15.1. The molecule has 0 saturated carbocycles. The average molecular weight is 327 g/mol. The van der Waals surface area contributed by atoms with Crippen LogP contribution in [0.15, 0.2) is 66.7 Å². The second kappa shape index (κ2) is 8.62. The monoisotopic (exact) mass is 327 g/mol. The van der Waals surface area contributed by atoms with Gasteiger partial charge in [-0.25, -0.2) is 4.39 Å². The first-order valence-corrected chi connectivity index (χ1v) is 7.44. The number of amides is 1. The number of rotatable bonds is 7. The van der Waals surface area contributed by atoms with Gasteiger partial charge in [-0.3, -0.25) is 9.59 Å². The van der Waals surface area contributed by atoms with Gasteiger partial charge < -0.3 is 10.1 Å². The molecule has 0 heterocycles. The van der Waals surface area contributed by atoms with Crippen molar-refractivity contribution in [2.75, 3.05) is 6.54 Å². The van der Waals surface area contributed by atoms with Crippen molar-refractivity contribution in [3.63, 3.8) is 0 Å². The molecule has 0 atom stereocenters. The zero-order chi connectivity index (χ0) is 17.4. The highest BCUT2D eigenvalue weighted by Crippen LogP contribution is 2.06. The Balaban J connectivity index is 1.71.